The molecule has 0 amide bonds. The minimum absolute atomic E-state index is 0.366. The standard InChI is InChI=1S/C16H24N4/c1-19(2)16(9-6-10-16)12-17-11-14-13-7-4-5-8-15(13)20(3)18-14/h4-5,7-8,17H,6,9-12H2,1-3H3. The number of hydrogen-bond acceptors (Lipinski definition) is 3. The molecule has 0 atom stereocenters. The minimum Gasteiger partial charge on any atom is -0.309 e. The first kappa shape index (κ1) is 13.6. The van der Waals surface area contributed by atoms with E-state index in [1.54, 1.807) is 0 Å². The molecule has 1 fully saturated rings. The van der Waals surface area contributed by atoms with Crippen LogP contribution in [0.5, 0.6) is 0 Å². The van der Waals surface area contributed by atoms with Gasteiger partial charge in [0.1, 0.15) is 0 Å². The Bertz CT molecular complexity index is 596. The summed E-state index contributed by atoms with van der Waals surface area (Å²) in [7, 11) is 6.40. The fourth-order valence-corrected chi connectivity index (χ4v) is 3.20. The smallest absolute Gasteiger partial charge is 0.0841 e. The molecule has 20 heavy (non-hydrogen) atoms. The molecule has 1 N–H and O–H groups in total. The summed E-state index contributed by atoms with van der Waals surface area (Å²) in [5, 5.41) is 9.51. The number of aromatic nitrogens is 2. The molecule has 1 aliphatic carbocycles. The molecule has 0 unspecified atom stereocenters. The van der Waals surface area contributed by atoms with E-state index < -0.39 is 0 Å². The molecule has 0 spiro atoms. The van der Waals surface area contributed by atoms with Crippen LogP contribution in [0, 0.1) is 0 Å². The van der Waals surface area contributed by atoms with Gasteiger partial charge >= 0.3 is 0 Å². The summed E-state index contributed by atoms with van der Waals surface area (Å²) in [4.78, 5) is 2.38. The number of hydrogen-bond donors (Lipinski definition) is 1. The van der Waals surface area contributed by atoms with Gasteiger partial charge in [0, 0.05) is 31.1 Å². The lowest BCUT2D eigenvalue weighted by atomic mass is 9.75. The van der Waals surface area contributed by atoms with Crippen LogP contribution in [0.15, 0.2) is 24.3 Å². The minimum atomic E-state index is 0.366. The van der Waals surface area contributed by atoms with E-state index >= 15 is 0 Å². The van der Waals surface area contributed by atoms with Crippen molar-refractivity contribution in [3.63, 3.8) is 0 Å². The predicted molar refractivity (Wildman–Crippen MR) is 82.7 cm³/mol. The topological polar surface area (TPSA) is 33.1 Å². The van der Waals surface area contributed by atoms with E-state index in [0.717, 1.165) is 18.8 Å². The fourth-order valence-electron chi connectivity index (χ4n) is 3.20. The van der Waals surface area contributed by atoms with Gasteiger partial charge in [-0.15, -0.1) is 0 Å². The van der Waals surface area contributed by atoms with E-state index in [4.69, 9.17) is 0 Å². The van der Waals surface area contributed by atoms with Crippen molar-refractivity contribution in [3.8, 4) is 0 Å². The Kier molecular flexibility index (Phi) is 3.52. The fraction of sp³-hybridized carbons (Fsp3) is 0.562. The highest BCUT2D eigenvalue weighted by atomic mass is 15.3. The highest BCUT2D eigenvalue weighted by Crippen LogP contribution is 2.35. The number of rotatable bonds is 5. The quantitative estimate of drug-likeness (QED) is 0.905. The maximum atomic E-state index is 4.64. The highest BCUT2D eigenvalue weighted by Gasteiger charge is 2.38. The number of fused-ring (bicyclic) bond motifs is 1. The Morgan fingerprint density at radius 2 is 2.05 bits per heavy atom. The van der Waals surface area contributed by atoms with Gasteiger partial charge in [-0.2, -0.15) is 5.10 Å². The Morgan fingerprint density at radius 3 is 2.70 bits per heavy atom. The van der Waals surface area contributed by atoms with Crippen LogP contribution in [0.1, 0.15) is 25.0 Å². The zero-order valence-electron chi connectivity index (χ0n) is 12.7. The first-order valence-electron chi connectivity index (χ1n) is 7.41. The zero-order valence-corrected chi connectivity index (χ0v) is 12.7. The van der Waals surface area contributed by atoms with Crippen LogP contribution in [0.4, 0.5) is 0 Å². The normalized spacial score (nSPS) is 17.6. The van der Waals surface area contributed by atoms with Crippen molar-refractivity contribution in [3.05, 3.63) is 30.0 Å². The van der Waals surface area contributed by atoms with Crippen molar-refractivity contribution in [2.24, 2.45) is 7.05 Å². The summed E-state index contributed by atoms with van der Waals surface area (Å²) >= 11 is 0. The van der Waals surface area contributed by atoms with E-state index in [9.17, 15) is 0 Å². The molecular formula is C16H24N4. The van der Waals surface area contributed by atoms with Crippen molar-refractivity contribution in [2.75, 3.05) is 20.6 Å². The molecule has 1 aliphatic rings. The third-order valence-electron chi connectivity index (χ3n) is 4.81. The number of para-hydroxylation sites is 1. The number of nitrogens with one attached hydrogen (secondary N) is 1. The molecule has 1 heterocycles. The third kappa shape index (κ3) is 2.23. The highest BCUT2D eigenvalue weighted by molar-refractivity contribution is 5.81. The van der Waals surface area contributed by atoms with Crippen LogP contribution in [-0.2, 0) is 13.6 Å². The number of likely N-dealkylation sites (N-methyl/N-ethyl adjacent to an activating group) is 1. The summed E-state index contributed by atoms with van der Waals surface area (Å²) in [6.07, 6.45) is 3.96. The van der Waals surface area contributed by atoms with Gasteiger partial charge in [0.15, 0.2) is 0 Å². The summed E-state index contributed by atoms with van der Waals surface area (Å²) in [5.41, 5.74) is 2.72. The molecule has 0 bridgehead atoms. The average Bonchev–Trinajstić information content (AvgIpc) is 2.70. The Balaban J connectivity index is 1.69. The maximum absolute atomic E-state index is 4.64. The summed E-state index contributed by atoms with van der Waals surface area (Å²) in [6.45, 7) is 1.89. The van der Waals surface area contributed by atoms with E-state index in [1.807, 2.05) is 11.7 Å². The zero-order chi connectivity index (χ0) is 14.2. The second kappa shape index (κ2) is 5.19. The van der Waals surface area contributed by atoms with Gasteiger partial charge in [-0.05, 0) is 39.4 Å². The Morgan fingerprint density at radius 1 is 1.30 bits per heavy atom. The average molecular weight is 272 g/mol. The Labute approximate surface area is 120 Å². The second-order valence-corrected chi connectivity index (χ2v) is 6.16. The van der Waals surface area contributed by atoms with Gasteiger partial charge in [-0.3, -0.25) is 4.68 Å². The monoisotopic (exact) mass is 272 g/mol. The lowest BCUT2D eigenvalue weighted by Gasteiger charge is -2.47. The first-order valence-corrected chi connectivity index (χ1v) is 7.41. The van der Waals surface area contributed by atoms with E-state index in [1.165, 1.54) is 30.2 Å². The van der Waals surface area contributed by atoms with Gasteiger partial charge in [0.05, 0.1) is 11.2 Å². The van der Waals surface area contributed by atoms with Crippen LogP contribution in [0.25, 0.3) is 10.9 Å². The molecule has 1 aromatic heterocycles. The molecule has 1 aromatic carbocycles. The SMILES string of the molecule is CN(C)C1(CNCc2nn(C)c3ccccc23)CCC1. The van der Waals surface area contributed by atoms with Gasteiger partial charge in [-0.25, -0.2) is 0 Å². The number of nitrogens with zero attached hydrogens (tertiary/aromatic N) is 3. The van der Waals surface area contributed by atoms with E-state index in [0.29, 0.717) is 5.54 Å². The largest absolute Gasteiger partial charge is 0.309 e. The lowest BCUT2D eigenvalue weighted by Crippen LogP contribution is -2.56. The molecule has 3 rings (SSSR count). The molecular weight excluding hydrogens is 248 g/mol. The number of aryl methyl sites for hydroxylation is 1. The summed E-state index contributed by atoms with van der Waals surface area (Å²) < 4.78 is 1.97. The van der Waals surface area contributed by atoms with Crippen LogP contribution in [0.2, 0.25) is 0 Å². The van der Waals surface area contributed by atoms with Crippen molar-refractivity contribution in [1.29, 1.82) is 0 Å². The molecule has 0 aliphatic heterocycles. The third-order valence-corrected chi connectivity index (χ3v) is 4.81. The molecule has 4 nitrogen and oxygen atoms in total. The van der Waals surface area contributed by atoms with Gasteiger partial charge in [-0.1, -0.05) is 18.2 Å². The van der Waals surface area contributed by atoms with Crippen LogP contribution < -0.4 is 5.32 Å². The summed E-state index contributed by atoms with van der Waals surface area (Å²) in [6, 6.07) is 8.43. The van der Waals surface area contributed by atoms with E-state index in [-0.39, 0.29) is 0 Å². The molecule has 2 aromatic rings. The van der Waals surface area contributed by atoms with Crippen molar-refractivity contribution >= 4 is 10.9 Å². The lowest BCUT2D eigenvalue weighted by molar-refractivity contribution is 0.0597. The van der Waals surface area contributed by atoms with Crippen LogP contribution >= 0.6 is 0 Å². The van der Waals surface area contributed by atoms with Crippen molar-refractivity contribution in [1.82, 2.24) is 20.0 Å². The van der Waals surface area contributed by atoms with Crippen molar-refractivity contribution < 1.29 is 0 Å². The van der Waals surface area contributed by atoms with Gasteiger partial charge in [0.25, 0.3) is 0 Å². The molecule has 0 radical (unpaired) electrons. The van der Waals surface area contributed by atoms with Crippen LogP contribution in [-0.4, -0.2) is 40.9 Å². The van der Waals surface area contributed by atoms with E-state index in [2.05, 4.69) is 53.7 Å². The first-order chi connectivity index (χ1) is 9.62. The Hall–Kier alpha value is -1.39. The molecule has 108 valence electrons. The van der Waals surface area contributed by atoms with Gasteiger partial charge in [0.2, 0.25) is 0 Å². The molecule has 1 saturated carbocycles. The van der Waals surface area contributed by atoms with Gasteiger partial charge < -0.3 is 10.2 Å². The number of benzene rings is 1. The summed E-state index contributed by atoms with van der Waals surface area (Å²) in [5.74, 6) is 0. The molecule has 0 saturated heterocycles. The maximum Gasteiger partial charge on any atom is 0.0841 e. The second-order valence-electron chi connectivity index (χ2n) is 6.16. The molecule has 4 heteroatoms. The predicted octanol–water partition coefficient (Wildman–Crippen LogP) is 2.15. The van der Waals surface area contributed by atoms with Crippen molar-refractivity contribution in [2.45, 2.75) is 31.3 Å². The van der Waals surface area contributed by atoms with Crippen LogP contribution in [0.3, 0.4) is 0 Å².